The molecule has 4 heterocycles. The molecule has 0 fully saturated rings. The number of H-pyrrole nitrogens is 1. The quantitative estimate of drug-likeness (QED) is 0.256. The predicted octanol–water partition coefficient (Wildman–Crippen LogP) is 4.11. The van der Waals surface area contributed by atoms with Crippen molar-refractivity contribution < 1.29 is 9.18 Å². The summed E-state index contributed by atoms with van der Waals surface area (Å²) < 4.78 is 13.3. The van der Waals surface area contributed by atoms with Gasteiger partial charge in [0.05, 0.1) is 28.2 Å². The molecule has 1 atom stereocenters. The van der Waals surface area contributed by atoms with Crippen LogP contribution < -0.4 is 16.4 Å². The molecule has 0 aliphatic carbocycles. The van der Waals surface area contributed by atoms with Crippen LogP contribution in [0.15, 0.2) is 67.1 Å². The maximum absolute atomic E-state index is 13.3. The van der Waals surface area contributed by atoms with Gasteiger partial charge in [-0.2, -0.15) is 10.4 Å². The van der Waals surface area contributed by atoms with Crippen LogP contribution in [-0.2, 0) is 6.54 Å². The first-order valence-electron chi connectivity index (χ1n) is 11.7. The Hall–Kier alpha value is -5.37. The number of halogens is 1. The number of aromatic nitrogens is 5. The number of nitrogens with one attached hydrogen (secondary N) is 3. The van der Waals surface area contributed by atoms with E-state index in [0.717, 1.165) is 27.8 Å². The summed E-state index contributed by atoms with van der Waals surface area (Å²) in [5.41, 5.74) is 10.0. The minimum absolute atomic E-state index is 0.222. The number of nitrogens with zero attached hydrogens (tertiary/aromatic N) is 5. The summed E-state index contributed by atoms with van der Waals surface area (Å²) in [6.07, 6.45) is 4.79. The molecule has 0 saturated heterocycles. The predicted molar refractivity (Wildman–Crippen MR) is 140 cm³/mol. The highest BCUT2D eigenvalue weighted by Crippen LogP contribution is 2.24. The lowest BCUT2D eigenvalue weighted by Crippen LogP contribution is -2.28. The SMILES string of the molecule is CC(NC(=O)c1cc(C#N)cnc1NCc1ccc(-c2cnc3n[nH]c(N)c3c2)nc1)c1ccc(F)cc1. The molecule has 1 amide bonds. The fraction of sp³-hybridized carbons (Fsp3) is 0.111. The largest absolute Gasteiger partial charge is 0.384 e. The standard InChI is InChI=1S/C27H22FN9O/c1-15(18-3-5-20(28)6-4-18)35-27(38)22-8-17(10-29)13-33-25(22)32-12-16-2-7-23(31-11-16)19-9-21-24(30)36-37-26(21)34-14-19/h2-9,11,13-15H,12H2,1H3,(H,32,33)(H,35,38)(H3,30,34,36,37). The van der Waals surface area contributed by atoms with E-state index < -0.39 is 5.91 Å². The molecule has 5 N–H and O–H groups in total. The van der Waals surface area contributed by atoms with Gasteiger partial charge in [0, 0.05) is 30.7 Å². The van der Waals surface area contributed by atoms with Crippen LogP contribution in [0.5, 0.6) is 0 Å². The Morgan fingerprint density at radius 3 is 2.66 bits per heavy atom. The molecule has 0 spiro atoms. The fourth-order valence-electron chi connectivity index (χ4n) is 3.89. The molecular weight excluding hydrogens is 485 g/mol. The minimum atomic E-state index is -0.413. The summed E-state index contributed by atoms with van der Waals surface area (Å²) in [5, 5.41) is 22.8. The van der Waals surface area contributed by atoms with E-state index in [9.17, 15) is 14.4 Å². The van der Waals surface area contributed by atoms with Gasteiger partial charge in [-0.05, 0) is 48.4 Å². The first-order chi connectivity index (χ1) is 18.4. The van der Waals surface area contributed by atoms with Crippen LogP contribution in [0.4, 0.5) is 16.0 Å². The molecule has 5 rings (SSSR count). The Balaban J connectivity index is 1.30. The van der Waals surface area contributed by atoms with Crippen molar-refractivity contribution in [2.45, 2.75) is 19.5 Å². The van der Waals surface area contributed by atoms with Crippen LogP contribution in [0.1, 0.15) is 40.0 Å². The van der Waals surface area contributed by atoms with Gasteiger partial charge in [0.2, 0.25) is 0 Å². The van der Waals surface area contributed by atoms with Gasteiger partial charge in [0.15, 0.2) is 5.65 Å². The normalized spacial score (nSPS) is 11.6. The van der Waals surface area contributed by atoms with Crippen molar-refractivity contribution >= 4 is 28.6 Å². The third-order valence-corrected chi connectivity index (χ3v) is 6.00. The van der Waals surface area contributed by atoms with Gasteiger partial charge in [-0.15, -0.1) is 0 Å². The second-order valence-corrected chi connectivity index (χ2v) is 8.62. The molecule has 1 unspecified atom stereocenters. The van der Waals surface area contributed by atoms with Gasteiger partial charge in [0.1, 0.15) is 23.5 Å². The Labute approximate surface area is 216 Å². The zero-order valence-corrected chi connectivity index (χ0v) is 20.2. The number of amides is 1. The number of anilines is 2. The van der Waals surface area contributed by atoms with Crippen LogP contribution in [0.2, 0.25) is 0 Å². The van der Waals surface area contributed by atoms with E-state index in [1.807, 2.05) is 24.3 Å². The lowest BCUT2D eigenvalue weighted by Gasteiger charge is -2.16. The number of rotatable bonds is 7. The number of benzene rings is 1. The van der Waals surface area contributed by atoms with Gasteiger partial charge >= 0.3 is 0 Å². The zero-order valence-electron chi connectivity index (χ0n) is 20.2. The highest BCUT2D eigenvalue weighted by Gasteiger charge is 2.17. The zero-order chi connectivity index (χ0) is 26.6. The van der Waals surface area contributed by atoms with E-state index in [2.05, 4.69) is 35.8 Å². The van der Waals surface area contributed by atoms with Crippen LogP contribution >= 0.6 is 0 Å². The maximum atomic E-state index is 13.3. The Morgan fingerprint density at radius 1 is 1.11 bits per heavy atom. The van der Waals surface area contributed by atoms with E-state index >= 15 is 0 Å². The van der Waals surface area contributed by atoms with Crippen molar-refractivity contribution in [3.63, 3.8) is 0 Å². The van der Waals surface area contributed by atoms with E-state index in [4.69, 9.17) is 5.73 Å². The third-order valence-electron chi connectivity index (χ3n) is 6.00. The van der Waals surface area contributed by atoms with Crippen molar-refractivity contribution in [3.05, 3.63) is 95.2 Å². The molecule has 1 aromatic carbocycles. The Kier molecular flexibility index (Phi) is 6.61. The van der Waals surface area contributed by atoms with Crippen molar-refractivity contribution in [3.8, 4) is 17.3 Å². The molecular formula is C27H22FN9O. The molecule has 38 heavy (non-hydrogen) atoms. The second kappa shape index (κ2) is 10.3. The number of carbonyl (C=O) groups is 1. The summed E-state index contributed by atoms with van der Waals surface area (Å²) in [4.78, 5) is 26.2. The molecule has 0 saturated carbocycles. The number of carbonyl (C=O) groups excluding carboxylic acids is 1. The molecule has 0 bridgehead atoms. The van der Waals surface area contributed by atoms with Crippen LogP contribution in [0.3, 0.4) is 0 Å². The lowest BCUT2D eigenvalue weighted by atomic mass is 10.1. The second-order valence-electron chi connectivity index (χ2n) is 8.62. The van der Waals surface area contributed by atoms with E-state index in [-0.39, 0.29) is 23.0 Å². The molecule has 10 nitrogen and oxygen atoms in total. The number of aromatic amines is 1. The van der Waals surface area contributed by atoms with Gasteiger partial charge < -0.3 is 16.4 Å². The molecule has 0 radical (unpaired) electrons. The van der Waals surface area contributed by atoms with Crippen LogP contribution in [-0.4, -0.2) is 31.1 Å². The summed E-state index contributed by atoms with van der Waals surface area (Å²) >= 11 is 0. The Bertz CT molecular complexity index is 1660. The fourth-order valence-corrected chi connectivity index (χ4v) is 3.89. The molecule has 5 aromatic rings. The summed E-state index contributed by atoms with van der Waals surface area (Å²) in [6.45, 7) is 2.13. The van der Waals surface area contributed by atoms with E-state index in [0.29, 0.717) is 23.8 Å². The molecule has 0 aliphatic heterocycles. The summed E-state index contributed by atoms with van der Waals surface area (Å²) in [7, 11) is 0. The van der Waals surface area contributed by atoms with Crippen LogP contribution in [0, 0.1) is 17.1 Å². The number of hydrogen-bond donors (Lipinski definition) is 4. The monoisotopic (exact) mass is 507 g/mol. The van der Waals surface area contributed by atoms with Gasteiger partial charge in [0.25, 0.3) is 5.91 Å². The summed E-state index contributed by atoms with van der Waals surface area (Å²) in [6, 6.07) is 14.6. The summed E-state index contributed by atoms with van der Waals surface area (Å²) in [5.74, 6) is -0.00429. The van der Waals surface area contributed by atoms with Gasteiger partial charge in [-0.3, -0.25) is 14.9 Å². The van der Waals surface area contributed by atoms with Gasteiger partial charge in [-0.25, -0.2) is 14.4 Å². The number of nitriles is 1. The van der Waals surface area contributed by atoms with Crippen molar-refractivity contribution in [1.29, 1.82) is 5.26 Å². The first kappa shape index (κ1) is 24.3. The maximum Gasteiger partial charge on any atom is 0.255 e. The van der Waals surface area contributed by atoms with Gasteiger partial charge in [-0.1, -0.05) is 18.2 Å². The lowest BCUT2D eigenvalue weighted by molar-refractivity contribution is 0.0940. The first-order valence-corrected chi connectivity index (χ1v) is 11.7. The average molecular weight is 508 g/mol. The topological polar surface area (TPSA) is 158 Å². The number of fused-ring (bicyclic) bond motifs is 1. The van der Waals surface area contributed by atoms with Crippen molar-refractivity contribution in [1.82, 2.24) is 30.5 Å². The van der Waals surface area contributed by atoms with Crippen molar-refractivity contribution in [2.24, 2.45) is 0 Å². The van der Waals surface area contributed by atoms with Crippen molar-refractivity contribution in [2.75, 3.05) is 11.1 Å². The number of nitrogens with two attached hydrogens (primary N) is 1. The molecule has 0 aliphatic rings. The smallest absolute Gasteiger partial charge is 0.255 e. The van der Waals surface area contributed by atoms with Crippen LogP contribution in [0.25, 0.3) is 22.3 Å². The van der Waals surface area contributed by atoms with E-state index in [1.165, 1.54) is 24.4 Å². The molecule has 4 aromatic heterocycles. The Morgan fingerprint density at radius 2 is 1.92 bits per heavy atom. The number of pyridine rings is 3. The number of hydrogen-bond acceptors (Lipinski definition) is 8. The minimum Gasteiger partial charge on any atom is -0.384 e. The highest BCUT2D eigenvalue weighted by atomic mass is 19.1. The van der Waals surface area contributed by atoms with E-state index in [1.54, 1.807) is 31.5 Å². The third kappa shape index (κ3) is 5.10. The average Bonchev–Trinajstić information content (AvgIpc) is 3.32. The number of nitrogen functional groups attached to an aromatic ring is 1. The molecule has 11 heteroatoms. The highest BCUT2D eigenvalue weighted by molar-refractivity contribution is 5.99. The molecule has 188 valence electrons.